The Kier molecular flexibility index (Phi) is 8.34. The SMILES string of the molecule is CCC1CC2CCCC(C1)C21c2ccccc2-c2ccc(N(c3ccc4c(c3)C3(c5ccccc5-4)C4CC5CC(C4)CC3C5)c3ccc(-c4ccccc4)cc3-c3ccccc3)cc21. The largest absolute Gasteiger partial charge is 0.310 e. The maximum Gasteiger partial charge on any atom is 0.0540 e. The van der Waals surface area contributed by atoms with E-state index >= 15 is 0 Å². The maximum atomic E-state index is 2.72. The average Bonchev–Trinajstić information content (AvgIpc) is 3.78. The molecule has 6 fully saturated rings. The molecule has 2 unspecified atom stereocenters. The van der Waals surface area contributed by atoms with Crippen LogP contribution >= 0.6 is 0 Å². The van der Waals surface area contributed by atoms with E-state index in [-0.39, 0.29) is 10.8 Å². The van der Waals surface area contributed by atoms with Crippen molar-refractivity contribution in [1.29, 1.82) is 0 Å². The fraction of sp³-hybridized carbons (Fsp3) is 0.333. The lowest BCUT2D eigenvalue weighted by Crippen LogP contribution is -2.55. The second-order valence-electron chi connectivity index (χ2n) is 21.5. The second-order valence-corrected chi connectivity index (χ2v) is 21.5. The Balaban J connectivity index is 1.02. The first-order valence-corrected chi connectivity index (χ1v) is 25.2. The van der Waals surface area contributed by atoms with Crippen molar-refractivity contribution in [3.05, 3.63) is 186 Å². The summed E-state index contributed by atoms with van der Waals surface area (Å²) in [4.78, 5) is 2.70. The number of hydrogen-bond donors (Lipinski definition) is 0. The van der Waals surface area contributed by atoms with Crippen LogP contribution in [0.4, 0.5) is 17.1 Å². The molecule has 2 spiro atoms. The Morgan fingerprint density at radius 1 is 0.406 bits per heavy atom. The van der Waals surface area contributed by atoms with Crippen LogP contribution in [0.5, 0.6) is 0 Å². The Morgan fingerprint density at radius 3 is 1.47 bits per heavy atom. The molecular formula is C63H59N. The van der Waals surface area contributed by atoms with Gasteiger partial charge in [0.25, 0.3) is 0 Å². The van der Waals surface area contributed by atoms with E-state index in [0.29, 0.717) is 11.8 Å². The van der Waals surface area contributed by atoms with Gasteiger partial charge in [-0.05, 0) is 197 Å². The summed E-state index contributed by atoms with van der Waals surface area (Å²) in [6.45, 7) is 2.45. The van der Waals surface area contributed by atoms with Gasteiger partial charge < -0.3 is 4.90 Å². The van der Waals surface area contributed by atoms with E-state index < -0.39 is 0 Å². The van der Waals surface area contributed by atoms with E-state index in [1.165, 1.54) is 132 Å². The molecule has 0 aromatic heterocycles. The van der Waals surface area contributed by atoms with Crippen LogP contribution < -0.4 is 4.90 Å². The van der Waals surface area contributed by atoms with E-state index in [2.05, 4.69) is 176 Å². The second kappa shape index (κ2) is 14.2. The lowest BCUT2D eigenvalue weighted by molar-refractivity contribution is -0.0399. The zero-order chi connectivity index (χ0) is 42.1. The van der Waals surface area contributed by atoms with E-state index in [1.54, 1.807) is 22.3 Å². The molecule has 8 aliphatic rings. The topological polar surface area (TPSA) is 3.24 Å². The molecule has 1 nitrogen and oxygen atoms in total. The molecule has 0 amide bonds. The third kappa shape index (κ3) is 5.13. The molecule has 0 saturated heterocycles. The highest BCUT2D eigenvalue weighted by Gasteiger charge is 2.62. The molecule has 2 atom stereocenters. The average molecular weight is 830 g/mol. The summed E-state index contributed by atoms with van der Waals surface area (Å²) in [5, 5.41) is 0. The Bertz CT molecular complexity index is 2910. The van der Waals surface area contributed by atoms with Gasteiger partial charge in [0, 0.05) is 27.8 Å². The van der Waals surface area contributed by atoms with E-state index in [9.17, 15) is 0 Å². The van der Waals surface area contributed by atoms with Crippen LogP contribution in [0.2, 0.25) is 0 Å². The molecule has 64 heavy (non-hydrogen) atoms. The van der Waals surface area contributed by atoms with Crippen molar-refractivity contribution in [3.63, 3.8) is 0 Å². The predicted molar refractivity (Wildman–Crippen MR) is 265 cm³/mol. The fourth-order valence-electron chi connectivity index (χ4n) is 16.7. The van der Waals surface area contributed by atoms with Gasteiger partial charge in [0.2, 0.25) is 0 Å². The quantitative estimate of drug-likeness (QED) is 0.161. The minimum absolute atomic E-state index is 0.0704. The van der Waals surface area contributed by atoms with Crippen LogP contribution in [-0.4, -0.2) is 0 Å². The molecule has 7 aromatic rings. The maximum absolute atomic E-state index is 2.72. The van der Waals surface area contributed by atoms with Gasteiger partial charge in [0.05, 0.1) is 5.69 Å². The highest BCUT2D eigenvalue weighted by Crippen LogP contribution is 2.70. The molecule has 8 aliphatic carbocycles. The summed E-state index contributed by atoms with van der Waals surface area (Å²) in [5.74, 6) is 5.45. The van der Waals surface area contributed by atoms with Gasteiger partial charge in [-0.1, -0.05) is 147 Å². The number of fused-ring (bicyclic) bond motifs is 6. The highest BCUT2D eigenvalue weighted by atomic mass is 15.1. The molecule has 0 N–H and O–H groups in total. The number of rotatable bonds is 6. The van der Waals surface area contributed by atoms with Crippen molar-refractivity contribution in [2.45, 2.75) is 88.4 Å². The first-order valence-electron chi connectivity index (χ1n) is 25.2. The van der Waals surface area contributed by atoms with Crippen molar-refractivity contribution >= 4 is 17.1 Å². The van der Waals surface area contributed by atoms with E-state index in [0.717, 1.165) is 29.6 Å². The molecular weight excluding hydrogens is 771 g/mol. The van der Waals surface area contributed by atoms with Gasteiger partial charge in [-0.3, -0.25) is 0 Å². The first kappa shape index (κ1) is 37.7. The van der Waals surface area contributed by atoms with Gasteiger partial charge in [-0.15, -0.1) is 0 Å². The molecule has 316 valence electrons. The molecule has 6 saturated carbocycles. The van der Waals surface area contributed by atoms with Gasteiger partial charge in [0.1, 0.15) is 0 Å². The van der Waals surface area contributed by atoms with Crippen LogP contribution in [0.3, 0.4) is 0 Å². The summed E-state index contributed by atoms with van der Waals surface area (Å²) < 4.78 is 0. The zero-order valence-corrected chi connectivity index (χ0v) is 37.4. The summed E-state index contributed by atoms with van der Waals surface area (Å²) in [6, 6.07) is 64.2. The Hall–Kier alpha value is -5.66. The monoisotopic (exact) mass is 829 g/mol. The molecule has 15 rings (SSSR count). The van der Waals surface area contributed by atoms with Gasteiger partial charge in [-0.25, -0.2) is 0 Å². The standard InChI is InChI=1S/C63H59N/c1-2-40-31-46-18-13-19-47(32-40)62(46)57-22-11-9-20-52(57)54-27-25-50(38-59(54)62)64(61-29-24-45(43-14-5-3-6-15-43)37-56(61)44-16-7-4-8-17-44)51-26-28-55-53-21-10-12-23-58(53)63(60(55)39-51)48-33-41-30-42(35-48)36-49(63)34-41/h3-12,14-17,20-29,37-42,46-49H,2,13,18-19,30-36H2,1H3. The minimum atomic E-state index is 0.0704. The molecule has 7 aromatic carbocycles. The number of nitrogens with zero attached hydrogens (tertiary/aromatic N) is 1. The van der Waals surface area contributed by atoms with Crippen LogP contribution in [0.25, 0.3) is 44.5 Å². The van der Waals surface area contributed by atoms with Crippen LogP contribution in [0.15, 0.2) is 164 Å². The minimum Gasteiger partial charge on any atom is -0.310 e. The summed E-state index contributed by atoms with van der Waals surface area (Å²) in [6.07, 6.45) is 15.1. The van der Waals surface area contributed by atoms with E-state index in [4.69, 9.17) is 0 Å². The van der Waals surface area contributed by atoms with Gasteiger partial charge >= 0.3 is 0 Å². The highest BCUT2D eigenvalue weighted by molar-refractivity contribution is 5.94. The third-order valence-electron chi connectivity index (χ3n) is 18.8. The molecule has 0 radical (unpaired) electrons. The van der Waals surface area contributed by atoms with Crippen molar-refractivity contribution in [1.82, 2.24) is 0 Å². The molecule has 6 bridgehead atoms. The van der Waals surface area contributed by atoms with Crippen LogP contribution in [-0.2, 0) is 10.8 Å². The zero-order valence-electron chi connectivity index (χ0n) is 37.4. The van der Waals surface area contributed by atoms with Crippen molar-refractivity contribution < 1.29 is 0 Å². The lowest BCUT2D eigenvalue weighted by Gasteiger charge is -2.61. The van der Waals surface area contributed by atoms with E-state index in [1.807, 2.05) is 0 Å². The summed E-state index contributed by atoms with van der Waals surface area (Å²) in [5.41, 5.74) is 21.4. The summed E-state index contributed by atoms with van der Waals surface area (Å²) in [7, 11) is 0. The molecule has 0 heterocycles. The lowest BCUT2D eigenvalue weighted by atomic mass is 9.43. The number of anilines is 3. The first-order chi connectivity index (χ1) is 31.6. The van der Waals surface area contributed by atoms with Crippen LogP contribution in [0.1, 0.15) is 99.8 Å². The molecule has 0 aliphatic heterocycles. The van der Waals surface area contributed by atoms with Crippen molar-refractivity contribution in [3.8, 4) is 44.5 Å². The number of hydrogen-bond acceptors (Lipinski definition) is 1. The number of benzene rings is 7. The van der Waals surface area contributed by atoms with Crippen molar-refractivity contribution in [2.24, 2.45) is 41.4 Å². The Labute approximate surface area is 380 Å². The van der Waals surface area contributed by atoms with Gasteiger partial charge in [-0.2, -0.15) is 0 Å². The Morgan fingerprint density at radius 2 is 0.906 bits per heavy atom. The smallest absolute Gasteiger partial charge is 0.0540 e. The van der Waals surface area contributed by atoms with Crippen LogP contribution in [0, 0.1) is 41.4 Å². The van der Waals surface area contributed by atoms with Gasteiger partial charge in [0.15, 0.2) is 0 Å². The molecule has 1 heteroatoms. The predicted octanol–water partition coefficient (Wildman–Crippen LogP) is 16.7. The summed E-state index contributed by atoms with van der Waals surface area (Å²) >= 11 is 0. The fourth-order valence-corrected chi connectivity index (χ4v) is 16.7. The normalized spacial score (nSPS) is 29.7. The van der Waals surface area contributed by atoms with Crippen molar-refractivity contribution in [2.75, 3.05) is 4.90 Å². The third-order valence-corrected chi connectivity index (χ3v) is 18.8.